The fourth-order valence-electron chi connectivity index (χ4n) is 3.40. The standard InChI is InChI=1S/C21H22N6OS.C2HF3O2/c1-2-15-16(12-22)20(27-10-8-25-9-11-27)26-21(17(15)13-23)29-18(19(24)28)14-6-4-3-5-7-14;3-2(4,5)1(6)7/h3-7,18,25H,2,8-11H2,1H3,(H2,24,28);(H,6,7). The van der Waals surface area contributed by atoms with Gasteiger partial charge >= 0.3 is 12.1 Å². The second-order valence-corrected chi connectivity index (χ2v) is 8.49. The van der Waals surface area contributed by atoms with Gasteiger partial charge in [0.05, 0.1) is 11.1 Å². The number of hydrogen-bond donors (Lipinski definition) is 3. The van der Waals surface area contributed by atoms with Gasteiger partial charge in [-0.05, 0) is 17.5 Å². The summed E-state index contributed by atoms with van der Waals surface area (Å²) in [6.07, 6.45) is -4.56. The number of halogens is 3. The third kappa shape index (κ3) is 7.10. The summed E-state index contributed by atoms with van der Waals surface area (Å²) < 4.78 is 31.7. The zero-order valence-electron chi connectivity index (χ0n) is 19.2. The van der Waals surface area contributed by atoms with Gasteiger partial charge in [-0.25, -0.2) is 9.78 Å². The van der Waals surface area contributed by atoms with Crippen molar-refractivity contribution in [2.24, 2.45) is 5.73 Å². The molecular weight excluding hydrogens is 497 g/mol. The van der Waals surface area contributed by atoms with Gasteiger partial charge in [-0.3, -0.25) is 4.79 Å². The van der Waals surface area contributed by atoms with Crippen molar-refractivity contribution in [3.8, 4) is 12.1 Å². The Morgan fingerprint density at radius 2 is 1.75 bits per heavy atom. The monoisotopic (exact) mass is 520 g/mol. The Bertz CT molecular complexity index is 1170. The summed E-state index contributed by atoms with van der Waals surface area (Å²) in [5, 5.41) is 29.8. The van der Waals surface area contributed by atoms with Crippen LogP contribution in [-0.4, -0.2) is 54.3 Å². The van der Waals surface area contributed by atoms with Crippen molar-refractivity contribution in [2.75, 3.05) is 31.1 Å². The molecule has 0 saturated carbocycles. The number of rotatable bonds is 6. The molecule has 0 radical (unpaired) electrons. The summed E-state index contributed by atoms with van der Waals surface area (Å²) in [6.45, 7) is 4.95. The van der Waals surface area contributed by atoms with E-state index in [0.29, 0.717) is 34.0 Å². The highest BCUT2D eigenvalue weighted by atomic mass is 32.2. The largest absolute Gasteiger partial charge is 0.490 e. The Hall–Kier alpha value is -3.81. The summed E-state index contributed by atoms with van der Waals surface area (Å²) in [6, 6.07) is 13.6. The maximum absolute atomic E-state index is 12.2. The molecule has 1 saturated heterocycles. The second kappa shape index (κ2) is 12.8. The van der Waals surface area contributed by atoms with E-state index in [1.165, 1.54) is 11.8 Å². The van der Waals surface area contributed by atoms with Gasteiger partial charge in [0, 0.05) is 26.2 Å². The number of nitrogens with two attached hydrogens (primary N) is 1. The first-order valence-electron chi connectivity index (χ1n) is 10.7. The normalized spacial score (nSPS) is 14.0. The molecule has 2 heterocycles. The summed E-state index contributed by atoms with van der Waals surface area (Å²) in [5.74, 6) is -2.69. The molecule has 3 rings (SSSR count). The van der Waals surface area contributed by atoms with Gasteiger partial charge in [0.25, 0.3) is 0 Å². The van der Waals surface area contributed by atoms with E-state index < -0.39 is 23.3 Å². The number of aromatic nitrogens is 1. The Balaban J connectivity index is 0.000000572. The number of carboxylic acid groups (broad SMARTS) is 1. The quantitative estimate of drug-likeness (QED) is 0.487. The molecule has 0 spiro atoms. The molecule has 1 unspecified atom stereocenters. The fourth-order valence-corrected chi connectivity index (χ4v) is 4.46. The van der Waals surface area contributed by atoms with E-state index in [-0.39, 0.29) is 0 Å². The van der Waals surface area contributed by atoms with Crippen LogP contribution in [0.1, 0.15) is 34.4 Å². The van der Waals surface area contributed by atoms with Crippen molar-refractivity contribution in [1.29, 1.82) is 10.5 Å². The third-order valence-electron chi connectivity index (χ3n) is 5.07. The molecule has 1 aliphatic rings. The van der Waals surface area contributed by atoms with Crippen LogP contribution in [0.2, 0.25) is 0 Å². The molecule has 36 heavy (non-hydrogen) atoms. The lowest BCUT2D eigenvalue weighted by atomic mass is 10.0. The van der Waals surface area contributed by atoms with Crippen molar-refractivity contribution >= 4 is 29.5 Å². The number of alkyl halides is 3. The number of amides is 1. The Morgan fingerprint density at radius 1 is 1.19 bits per heavy atom. The lowest BCUT2D eigenvalue weighted by Crippen LogP contribution is -2.44. The van der Waals surface area contributed by atoms with E-state index >= 15 is 0 Å². The van der Waals surface area contributed by atoms with Gasteiger partial charge in [0.15, 0.2) is 0 Å². The van der Waals surface area contributed by atoms with Crippen LogP contribution in [0.15, 0.2) is 35.4 Å². The molecule has 1 aliphatic heterocycles. The number of nitrogens with zero attached hydrogens (tertiary/aromatic N) is 4. The first-order valence-corrected chi connectivity index (χ1v) is 11.6. The molecule has 9 nitrogen and oxygen atoms in total. The van der Waals surface area contributed by atoms with E-state index in [0.717, 1.165) is 31.7 Å². The predicted octanol–water partition coefficient (Wildman–Crippen LogP) is 2.75. The van der Waals surface area contributed by atoms with Gasteiger partial charge in [-0.1, -0.05) is 49.0 Å². The van der Waals surface area contributed by atoms with Crippen LogP contribution in [0.5, 0.6) is 0 Å². The van der Waals surface area contributed by atoms with Gasteiger partial charge in [0.2, 0.25) is 5.91 Å². The molecule has 0 aliphatic carbocycles. The lowest BCUT2D eigenvalue weighted by molar-refractivity contribution is -0.192. The Morgan fingerprint density at radius 3 is 2.19 bits per heavy atom. The average molecular weight is 521 g/mol. The minimum Gasteiger partial charge on any atom is -0.475 e. The third-order valence-corrected chi connectivity index (χ3v) is 6.33. The molecule has 1 atom stereocenters. The molecule has 1 fully saturated rings. The van der Waals surface area contributed by atoms with E-state index in [2.05, 4.69) is 22.4 Å². The summed E-state index contributed by atoms with van der Waals surface area (Å²) in [7, 11) is 0. The number of nitrogens with one attached hydrogen (secondary N) is 1. The molecule has 1 aromatic carbocycles. The number of carbonyl (C=O) groups is 2. The smallest absolute Gasteiger partial charge is 0.475 e. The van der Waals surface area contributed by atoms with Gasteiger partial charge in [0.1, 0.15) is 28.2 Å². The summed E-state index contributed by atoms with van der Waals surface area (Å²) in [5.41, 5.74) is 7.87. The van der Waals surface area contributed by atoms with Crippen molar-refractivity contribution < 1.29 is 27.9 Å². The van der Waals surface area contributed by atoms with E-state index in [1.807, 2.05) is 37.3 Å². The van der Waals surface area contributed by atoms with E-state index in [4.69, 9.17) is 20.6 Å². The number of anilines is 1. The summed E-state index contributed by atoms with van der Waals surface area (Å²) >= 11 is 1.17. The first kappa shape index (κ1) is 28.4. The highest BCUT2D eigenvalue weighted by molar-refractivity contribution is 8.00. The number of aliphatic carboxylic acids is 1. The number of hydrogen-bond acceptors (Lipinski definition) is 8. The number of carboxylic acids is 1. The maximum atomic E-state index is 12.2. The number of nitriles is 2. The highest BCUT2D eigenvalue weighted by Gasteiger charge is 2.38. The molecule has 190 valence electrons. The molecule has 2 aromatic rings. The van der Waals surface area contributed by atoms with Gasteiger partial charge < -0.3 is 21.1 Å². The lowest BCUT2D eigenvalue weighted by Gasteiger charge is -2.30. The van der Waals surface area contributed by atoms with Crippen molar-refractivity contribution in [2.45, 2.75) is 29.8 Å². The number of pyridine rings is 1. The molecule has 0 bridgehead atoms. The van der Waals surface area contributed by atoms with Crippen molar-refractivity contribution in [3.05, 3.63) is 52.6 Å². The van der Waals surface area contributed by atoms with Crippen LogP contribution in [0, 0.1) is 22.7 Å². The van der Waals surface area contributed by atoms with E-state index in [9.17, 15) is 28.5 Å². The van der Waals surface area contributed by atoms with E-state index in [1.54, 1.807) is 0 Å². The zero-order valence-corrected chi connectivity index (χ0v) is 20.0. The number of piperazine rings is 1. The second-order valence-electron chi connectivity index (χ2n) is 7.40. The number of primary amides is 1. The van der Waals surface area contributed by atoms with Crippen LogP contribution < -0.4 is 16.0 Å². The molecule has 1 amide bonds. The average Bonchev–Trinajstić information content (AvgIpc) is 2.86. The predicted molar refractivity (Wildman–Crippen MR) is 126 cm³/mol. The van der Waals surface area contributed by atoms with Crippen LogP contribution in [0.4, 0.5) is 19.0 Å². The maximum Gasteiger partial charge on any atom is 0.490 e. The number of benzene rings is 1. The SMILES string of the molecule is CCc1c(C#N)c(SC(C(N)=O)c2ccccc2)nc(N2CCNCC2)c1C#N.O=C(O)C(F)(F)F. The fraction of sp³-hybridized carbons (Fsp3) is 0.348. The zero-order chi connectivity index (χ0) is 26.9. The van der Waals surface area contributed by atoms with Crippen molar-refractivity contribution in [3.63, 3.8) is 0 Å². The van der Waals surface area contributed by atoms with Crippen molar-refractivity contribution in [1.82, 2.24) is 10.3 Å². The minimum atomic E-state index is -5.08. The van der Waals surface area contributed by atoms with Crippen LogP contribution in [0.25, 0.3) is 0 Å². The Kier molecular flexibility index (Phi) is 10.1. The topological polar surface area (TPSA) is 156 Å². The molecule has 4 N–H and O–H groups in total. The molecule has 1 aromatic heterocycles. The van der Waals surface area contributed by atoms with Crippen LogP contribution in [0.3, 0.4) is 0 Å². The molecular formula is C23H23F3N6O3S. The minimum absolute atomic E-state index is 0.343. The number of thioether (sulfide) groups is 1. The highest BCUT2D eigenvalue weighted by Crippen LogP contribution is 2.39. The van der Waals surface area contributed by atoms with Gasteiger partial charge in [-0.15, -0.1) is 0 Å². The van der Waals surface area contributed by atoms with Gasteiger partial charge in [-0.2, -0.15) is 23.7 Å². The molecule has 13 heteroatoms. The Labute approximate surface area is 209 Å². The first-order chi connectivity index (χ1) is 17.0. The summed E-state index contributed by atoms with van der Waals surface area (Å²) in [4.78, 5) is 27.8. The van der Waals surface area contributed by atoms with Crippen LogP contribution >= 0.6 is 11.8 Å². The van der Waals surface area contributed by atoms with Crippen LogP contribution in [-0.2, 0) is 16.0 Å². The number of carbonyl (C=O) groups excluding carboxylic acids is 1.